The van der Waals surface area contributed by atoms with Crippen molar-refractivity contribution in [2.75, 3.05) is 7.11 Å². The lowest BCUT2D eigenvalue weighted by Crippen LogP contribution is -2.23. The molecule has 146 valence electrons. The first kappa shape index (κ1) is 18.5. The van der Waals surface area contributed by atoms with Crippen LogP contribution in [0, 0.1) is 10.1 Å². The van der Waals surface area contributed by atoms with Gasteiger partial charge in [0.05, 0.1) is 30.3 Å². The van der Waals surface area contributed by atoms with Gasteiger partial charge in [0, 0.05) is 23.3 Å². The minimum absolute atomic E-state index is 0.0907. The van der Waals surface area contributed by atoms with Crippen molar-refractivity contribution in [1.29, 1.82) is 0 Å². The fraction of sp³-hybridized carbons (Fsp3) is 0.111. The first-order valence-corrected chi connectivity index (χ1v) is 9.07. The summed E-state index contributed by atoms with van der Waals surface area (Å²) >= 11 is 0.851. The van der Waals surface area contributed by atoms with Crippen LogP contribution in [0.15, 0.2) is 47.0 Å². The molecule has 0 saturated carbocycles. The molecule has 2 aromatic heterocycles. The SMILES string of the molecule is COc1cccc(-c2cc(CNC(=O)c3cc([N+](=O)[O-])c4nsnc4c3)no2)c1. The smallest absolute Gasteiger partial charge is 0.299 e. The van der Waals surface area contributed by atoms with Gasteiger partial charge in [-0.1, -0.05) is 17.3 Å². The summed E-state index contributed by atoms with van der Waals surface area (Å²) in [5.74, 6) is 0.718. The molecule has 0 radical (unpaired) electrons. The fourth-order valence-corrected chi connectivity index (χ4v) is 3.26. The topological polar surface area (TPSA) is 133 Å². The number of amides is 1. The van der Waals surface area contributed by atoms with E-state index in [4.69, 9.17) is 9.26 Å². The van der Waals surface area contributed by atoms with Gasteiger partial charge in [0.1, 0.15) is 17.0 Å². The highest BCUT2D eigenvalue weighted by molar-refractivity contribution is 7.00. The maximum absolute atomic E-state index is 12.5. The number of rotatable bonds is 6. The third kappa shape index (κ3) is 3.75. The molecule has 10 nitrogen and oxygen atoms in total. The Morgan fingerprint density at radius 2 is 2.14 bits per heavy atom. The number of carbonyl (C=O) groups excluding carboxylic acids is 1. The summed E-state index contributed by atoms with van der Waals surface area (Å²) in [5, 5.41) is 17.8. The minimum atomic E-state index is -0.585. The predicted molar refractivity (Wildman–Crippen MR) is 104 cm³/mol. The van der Waals surface area contributed by atoms with Crippen molar-refractivity contribution in [3.63, 3.8) is 0 Å². The average Bonchev–Trinajstić information content (AvgIpc) is 3.40. The van der Waals surface area contributed by atoms with Gasteiger partial charge >= 0.3 is 0 Å². The molecule has 0 aliphatic heterocycles. The van der Waals surface area contributed by atoms with E-state index in [1.54, 1.807) is 19.2 Å². The van der Waals surface area contributed by atoms with E-state index >= 15 is 0 Å². The van der Waals surface area contributed by atoms with Crippen molar-refractivity contribution in [2.24, 2.45) is 0 Å². The molecule has 29 heavy (non-hydrogen) atoms. The quantitative estimate of drug-likeness (QED) is 0.378. The van der Waals surface area contributed by atoms with Crippen molar-refractivity contribution in [3.8, 4) is 17.1 Å². The van der Waals surface area contributed by atoms with Crippen LogP contribution in [0.1, 0.15) is 16.1 Å². The van der Waals surface area contributed by atoms with Crippen molar-refractivity contribution in [3.05, 3.63) is 63.8 Å². The summed E-state index contributed by atoms with van der Waals surface area (Å²) in [6.07, 6.45) is 0. The van der Waals surface area contributed by atoms with Gasteiger partial charge in [-0.15, -0.1) is 0 Å². The normalized spacial score (nSPS) is 10.8. The Morgan fingerprint density at radius 1 is 1.28 bits per heavy atom. The van der Waals surface area contributed by atoms with Gasteiger partial charge in [-0.05, 0) is 18.2 Å². The minimum Gasteiger partial charge on any atom is -0.497 e. The zero-order valence-corrected chi connectivity index (χ0v) is 15.8. The van der Waals surface area contributed by atoms with Crippen LogP contribution in [-0.4, -0.2) is 31.8 Å². The molecule has 0 fully saturated rings. The number of non-ortho nitro benzene ring substituents is 1. The molecule has 1 N–H and O–H groups in total. The first-order valence-electron chi connectivity index (χ1n) is 8.34. The van der Waals surface area contributed by atoms with Crippen molar-refractivity contribution >= 4 is 34.4 Å². The highest BCUT2D eigenvalue weighted by Gasteiger charge is 2.20. The molecule has 0 aliphatic rings. The Balaban J connectivity index is 1.50. The van der Waals surface area contributed by atoms with Crippen LogP contribution in [0.3, 0.4) is 0 Å². The van der Waals surface area contributed by atoms with E-state index in [-0.39, 0.29) is 23.3 Å². The number of nitrogens with zero attached hydrogens (tertiary/aromatic N) is 4. The Bertz CT molecular complexity index is 1220. The Kier molecular flexibility index (Phi) is 4.87. The zero-order valence-electron chi connectivity index (χ0n) is 15.0. The molecule has 0 unspecified atom stereocenters. The highest BCUT2D eigenvalue weighted by atomic mass is 32.1. The molecule has 0 atom stereocenters. The third-order valence-electron chi connectivity index (χ3n) is 4.14. The van der Waals surface area contributed by atoms with E-state index in [0.717, 1.165) is 17.3 Å². The maximum atomic E-state index is 12.5. The van der Waals surface area contributed by atoms with E-state index < -0.39 is 10.8 Å². The molecule has 4 rings (SSSR count). The number of nitrogens with one attached hydrogen (secondary N) is 1. The van der Waals surface area contributed by atoms with Crippen molar-refractivity contribution < 1.29 is 19.0 Å². The van der Waals surface area contributed by atoms with Crippen LogP contribution >= 0.6 is 11.7 Å². The van der Waals surface area contributed by atoms with Crippen molar-refractivity contribution in [1.82, 2.24) is 19.2 Å². The van der Waals surface area contributed by atoms with Crippen LogP contribution in [-0.2, 0) is 6.54 Å². The fourth-order valence-electron chi connectivity index (χ4n) is 2.72. The summed E-state index contributed by atoms with van der Waals surface area (Å²) in [7, 11) is 1.57. The van der Waals surface area contributed by atoms with Gasteiger partial charge < -0.3 is 14.6 Å². The number of methoxy groups -OCH3 is 1. The number of nitro groups is 1. The predicted octanol–water partition coefficient (Wildman–Crippen LogP) is 3.19. The molecule has 2 aromatic carbocycles. The Hall–Kier alpha value is -3.86. The lowest BCUT2D eigenvalue weighted by atomic mass is 10.1. The Labute approximate surface area is 167 Å². The average molecular weight is 411 g/mol. The number of benzene rings is 2. The third-order valence-corrected chi connectivity index (χ3v) is 4.69. The lowest BCUT2D eigenvalue weighted by Gasteiger charge is -2.03. The first-order chi connectivity index (χ1) is 14.0. The largest absolute Gasteiger partial charge is 0.497 e. The molecule has 0 spiro atoms. The molecule has 1 amide bonds. The monoisotopic (exact) mass is 411 g/mol. The lowest BCUT2D eigenvalue weighted by molar-refractivity contribution is -0.383. The summed E-state index contributed by atoms with van der Waals surface area (Å²) in [5.41, 5.74) is 1.61. The maximum Gasteiger partial charge on any atom is 0.299 e. The van der Waals surface area contributed by atoms with Crippen molar-refractivity contribution in [2.45, 2.75) is 6.54 Å². The number of fused-ring (bicyclic) bond motifs is 1. The van der Waals surface area contributed by atoms with E-state index in [1.807, 2.05) is 18.2 Å². The second-order valence-corrected chi connectivity index (χ2v) is 6.51. The van der Waals surface area contributed by atoms with E-state index in [9.17, 15) is 14.9 Å². The molecular weight excluding hydrogens is 398 g/mol. The summed E-state index contributed by atoms with van der Waals surface area (Å²) in [4.78, 5) is 23.1. The van der Waals surface area contributed by atoms with Crippen LogP contribution in [0.25, 0.3) is 22.4 Å². The molecule has 0 bridgehead atoms. The molecular formula is C18H13N5O5S. The molecule has 4 aromatic rings. The van der Waals surface area contributed by atoms with Gasteiger partial charge in [0.25, 0.3) is 11.6 Å². The van der Waals surface area contributed by atoms with E-state index in [0.29, 0.717) is 22.7 Å². The van der Waals surface area contributed by atoms with Crippen LogP contribution in [0.5, 0.6) is 5.75 Å². The van der Waals surface area contributed by atoms with Crippen LogP contribution in [0.2, 0.25) is 0 Å². The highest BCUT2D eigenvalue weighted by Crippen LogP contribution is 2.26. The molecule has 2 heterocycles. The second kappa shape index (κ2) is 7.64. The number of hydrogen-bond donors (Lipinski definition) is 1. The van der Waals surface area contributed by atoms with Gasteiger partial charge in [-0.25, -0.2) is 0 Å². The van der Waals surface area contributed by atoms with Gasteiger partial charge in [-0.2, -0.15) is 8.75 Å². The van der Waals surface area contributed by atoms with Gasteiger partial charge in [0.15, 0.2) is 11.3 Å². The summed E-state index contributed by atoms with van der Waals surface area (Å²) < 4.78 is 18.4. The second-order valence-electron chi connectivity index (χ2n) is 5.98. The number of aromatic nitrogens is 3. The Morgan fingerprint density at radius 3 is 2.93 bits per heavy atom. The number of hydrogen-bond acceptors (Lipinski definition) is 9. The number of nitro benzene ring substituents is 1. The summed E-state index contributed by atoms with van der Waals surface area (Å²) in [6, 6.07) is 11.6. The summed E-state index contributed by atoms with van der Waals surface area (Å²) in [6.45, 7) is 0.0907. The van der Waals surface area contributed by atoms with Crippen LogP contribution < -0.4 is 10.1 Å². The number of carbonyl (C=O) groups is 1. The van der Waals surface area contributed by atoms with Gasteiger partial charge in [0.2, 0.25) is 0 Å². The van der Waals surface area contributed by atoms with Gasteiger partial charge in [-0.3, -0.25) is 14.9 Å². The molecule has 0 saturated heterocycles. The standard InChI is InChI=1S/C18H13N5O5S/c1-27-13-4-2-3-10(5-13)16-8-12(20-28-16)9-19-18(24)11-6-14-17(22-29-21-14)15(7-11)23(25)26/h2-8H,9H2,1H3,(H,19,24). The zero-order chi connectivity index (χ0) is 20.4. The van der Waals surface area contributed by atoms with Crippen LogP contribution in [0.4, 0.5) is 5.69 Å². The molecule has 0 aliphatic carbocycles. The van der Waals surface area contributed by atoms with E-state index in [2.05, 4.69) is 19.2 Å². The van der Waals surface area contributed by atoms with E-state index in [1.165, 1.54) is 12.1 Å². The number of ether oxygens (including phenoxy) is 1. The molecule has 11 heteroatoms.